The molecular weight excluding hydrogens is 240 g/mol. The summed E-state index contributed by atoms with van der Waals surface area (Å²) in [7, 11) is 1.66. The van der Waals surface area contributed by atoms with E-state index in [-0.39, 0.29) is 24.3 Å². The molecule has 19 heavy (non-hydrogen) atoms. The van der Waals surface area contributed by atoms with Crippen LogP contribution in [0.15, 0.2) is 24.3 Å². The molecule has 1 rings (SSSR count). The van der Waals surface area contributed by atoms with Crippen molar-refractivity contribution in [1.29, 1.82) is 0 Å². The summed E-state index contributed by atoms with van der Waals surface area (Å²) in [6, 6.07) is 7.57. The summed E-state index contributed by atoms with van der Waals surface area (Å²) in [5, 5.41) is 2.78. The molecule has 0 aliphatic rings. The van der Waals surface area contributed by atoms with Gasteiger partial charge in [0.2, 0.25) is 11.8 Å². The Morgan fingerprint density at radius 3 is 2.37 bits per heavy atom. The molecule has 0 spiro atoms. The van der Waals surface area contributed by atoms with Crippen molar-refractivity contribution in [2.45, 2.75) is 27.2 Å². The normalized spacial score (nSPS) is 11.8. The number of nitrogens with one attached hydrogen (secondary N) is 1. The third kappa shape index (κ3) is 4.73. The molecule has 1 N–H and O–H groups in total. The molecule has 0 aromatic heterocycles. The quantitative estimate of drug-likeness (QED) is 0.886. The molecule has 0 aliphatic heterocycles. The van der Waals surface area contributed by atoms with Crippen LogP contribution in [0.1, 0.15) is 25.8 Å². The van der Waals surface area contributed by atoms with Crippen LogP contribution in [-0.4, -0.2) is 30.3 Å². The number of hydrogen-bond donors (Lipinski definition) is 1. The van der Waals surface area contributed by atoms with Crippen LogP contribution in [0.5, 0.6) is 0 Å². The molecule has 0 heterocycles. The summed E-state index contributed by atoms with van der Waals surface area (Å²) in [6.07, 6.45) is 0.781. The highest BCUT2D eigenvalue weighted by atomic mass is 16.2. The SMILES string of the molecule is CCC(C)C(=O)N(C)CC(=O)Nc1ccc(C)cc1. The van der Waals surface area contributed by atoms with Gasteiger partial charge in [0.1, 0.15) is 0 Å². The van der Waals surface area contributed by atoms with Gasteiger partial charge in [0.05, 0.1) is 6.54 Å². The second-order valence-corrected chi connectivity index (χ2v) is 4.92. The fourth-order valence-corrected chi connectivity index (χ4v) is 1.68. The molecule has 1 aromatic carbocycles. The highest BCUT2D eigenvalue weighted by Crippen LogP contribution is 2.09. The maximum atomic E-state index is 11.9. The lowest BCUT2D eigenvalue weighted by molar-refractivity contribution is -0.136. The van der Waals surface area contributed by atoms with E-state index >= 15 is 0 Å². The van der Waals surface area contributed by atoms with Gasteiger partial charge in [0.15, 0.2) is 0 Å². The molecule has 4 nitrogen and oxygen atoms in total. The van der Waals surface area contributed by atoms with Gasteiger partial charge in [0, 0.05) is 18.7 Å². The zero-order valence-corrected chi connectivity index (χ0v) is 12.1. The topological polar surface area (TPSA) is 49.4 Å². The summed E-state index contributed by atoms with van der Waals surface area (Å²) in [4.78, 5) is 25.1. The number of hydrogen-bond acceptors (Lipinski definition) is 2. The standard InChI is InChI=1S/C15H22N2O2/c1-5-12(3)15(19)17(4)10-14(18)16-13-8-6-11(2)7-9-13/h6-9,12H,5,10H2,1-4H3,(H,16,18). The second kappa shape index (κ2) is 6.92. The zero-order valence-electron chi connectivity index (χ0n) is 12.1. The van der Waals surface area contributed by atoms with E-state index in [0.29, 0.717) is 0 Å². The van der Waals surface area contributed by atoms with E-state index in [0.717, 1.165) is 17.7 Å². The van der Waals surface area contributed by atoms with E-state index in [1.54, 1.807) is 7.05 Å². The van der Waals surface area contributed by atoms with Crippen molar-refractivity contribution in [2.24, 2.45) is 5.92 Å². The number of rotatable bonds is 5. The van der Waals surface area contributed by atoms with Crippen LogP contribution < -0.4 is 5.32 Å². The first-order valence-electron chi connectivity index (χ1n) is 6.55. The molecule has 4 heteroatoms. The molecule has 0 fully saturated rings. The van der Waals surface area contributed by atoms with Crippen LogP contribution in [0, 0.1) is 12.8 Å². The predicted octanol–water partition coefficient (Wildman–Crippen LogP) is 2.44. The van der Waals surface area contributed by atoms with E-state index < -0.39 is 0 Å². The molecule has 2 amide bonds. The van der Waals surface area contributed by atoms with Crippen LogP contribution in [0.3, 0.4) is 0 Å². The summed E-state index contributed by atoms with van der Waals surface area (Å²) in [5.41, 5.74) is 1.89. The lowest BCUT2D eigenvalue weighted by Gasteiger charge is -2.20. The van der Waals surface area contributed by atoms with Crippen molar-refractivity contribution in [1.82, 2.24) is 4.90 Å². The largest absolute Gasteiger partial charge is 0.336 e. The van der Waals surface area contributed by atoms with Crippen molar-refractivity contribution in [3.63, 3.8) is 0 Å². The Balaban J connectivity index is 2.51. The Morgan fingerprint density at radius 2 is 1.84 bits per heavy atom. The monoisotopic (exact) mass is 262 g/mol. The fraction of sp³-hybridized carbons (Fsp3) is 0.467. The maximum Gasteiger partial charge on any atom is 0.243 e. The van der Waals surface area contributed by atoms with Gasteiger partial charge < -0.3 is 10.2 Å². The fourth-order valence-electron chi connectivity index (χ4n) is 1.68. The number of carbonyl (C=O) groups is 2. The van der Waals surface area contributed by atoms with Crippen LogP contribution >= 0.6 is 0 Å². The third-order valence-electron chi connectivity index (χ3n) is 3.13. The van der Waals surface area contributed by atoms with E-state index in [1.165, 1.54) is 4.90 Å². The summed E-state index contributed by atoms with van der Waals surface area (Å²) >= 11 is 0. The summed E-state index contributed by atoms with van der Waals surface area (Å²) in [5.74, 6) is -0.221. The van der Waals surface area contributed by atoms with E-state index in [2.05, 4.69) is 5.32 Å². The van der Waals surface area contributed by atoms with Gasteiger partial charge in [-0.3, -0.25) is 9.59 Å². The Kier molecular flexibility index (Phi) is 5.55. The van der Waals surface area contributed by atoms with Crippen molar-refractivity contribution < 1.29 is 9.59 Å². The first-order valence-corrected chi connectivity index (χ1v) is 6.55. The number of anilines is 1. The molecule has 0 bridgehead atoms. The predicted molar refractivity (Wildman–Crippen MR) is 76.9 cm³/mol. The third-order valence-corrected chi connectivity index (χ3v) is 3.13. The van der Waals surface area contributed by atoms with Crippen LogP contribution in [0.25, 0.3) is 0 Å². The van der Waals surface area contributed by atoms with Gasteiger partial charge in [0.25, 0.3) is 0 Å². The van der Waals surface area contributed by atoms with Crippen molar-refractivity contribution in [3.8, 4) is 0 Å². The lowest BCUT2D eigenvalue weighted by atomic mass is 10.1. The molecular formula is C15H22N2O2. The lowest BCUT2D eigenvalue weighted by Crippen LogP contribution is -2.37. The minimum atomic E-state index is -0.178. The Bertz CT molecular complexity index is 440. The number of amides is 2. The van der Waals surface area contributed by atoms with Crippen molar-refractivity contribution in [2.75, 3.05) is 18.9 Å². The van der Waals surface area contributed by atoms with E-state index in [4.69, 9.17) is 0 Å². The minimum absolute atomic E-state index is 0.00144. The molecule has 1 unspecified atom stereocenters. The van der Waals surface area contributed by atoms with E-state index in [9.17, 15) is 9.59 Å². The molecule has 1 aromatic rings. The molecule has 0 saturated heterocycles. The Hall–Kier alpha value is -1.84. The average molecular weight is 262 g/mol. The van der Waals surface area contributed by atoms with Crippen LogP contribution in [-0.2, 0) is 9.59 Å². The first kappa shape index (κ1) is 15.2. The number of likely N-dealkylation sites (N-methyl/N-ethyl adjacent to an activating group) is 1. The number of aryl methyl sites for hydroxylation is 1. The smallest absolute Gasteiger partial charge is 0.243 e. The number of benzene rings is 1. The minimum Gasteiger partial charge on any atom is -0.336 e. The number of carbonyl (C=O) groups excluding carboxylic acids is 2. The van der Waals surface area contributed by atoms with Crippen molar-refractivity contribution in [3.05, 3.63) is 29.8 Å². The van der Waals surface area contributed by atoms with Gasteiger partial charge in [-0.15, -0.1) is 0 Å². The maximum absolute atomic E-state index is 11.9. The van der Waals surface area contributed by atoms with E-state index in [1.807, 2.05) is 45.0 Å². The first-order chi connectivity index (χ1) is 8.93. The molecule has 1 atom stereocenters. The van der Waals surface area contributed by atoms with Gasteiger partial charge in [-0.2, -0.15) is 0 Å². The van der Waals surface area contributed by atoms with Crippen molar-refractivity contribution >= 4 is 17.5 Å². The molecule has 0 aliphatic carbocycles. The zero-order chi connectivity index (χ0) is 14.4. The molecule has 104 valence electrons. The second-order valence-electron chi connectivity index (χ2n) is 4.92. The summed E-state index contributed by atoms with van der Waals surface area (Å²) in [6.45, 7) is 5.90. The Labute approximate surface area is 114 Å². The van der Waals surface area contributed by atoms with Gasteiger partial charge in [-0.1, -0.05) is 31.5 Å². The number of nitrogens with zero attached hydrogens (tertiary/aromatic N) is 1. The van der Waals surface area contributed by atoms with Gasteiger partial charge >= 0.3 is 0 Å². The molecule has 0 saturated carbocycles. The highest BCUT2D eigenvalue weighted by molar-refractivity contribution is 5.94. The van der Waals surface area contributed by atoms with Crippen LogP contribution in [0.4, 0.5) is 5.69 Å². The van der Waals surface area contributed by atoms with Gasteiger partial charge in [-0.25, -0.2) is 0 Å². The average Bonchev–Trinajstić information content (AvgIpc) is 2.39. The summed E-state index contributed by atoms with van der Waals surface area (Å²) < 4.78 is 0. The van der Waals surface area contributed by atoms with Crippen LogP contribution in [0.2, 0.25) is 0 Å². The van der Waals surface area contributed by atoms with Gasteiger partial charge in [-0.05, 0) is 25.5 Å². The highest BCUT2D eigenvalue weighted by Gasteiger charge is 2.17. The molecule has 0 radical (unpaired) electrons. The Morgan fingerprint density at radius 1 is 1.26 bits per heavy atom.